The predicted molar refractivity (Wildman–Crippen MR) is 118 cm³/mol. The van der Waals surface area contributed by atoms with Crippen LogP contribution >= 0.6 is 0 Å². The molecule has 0 radical (unpaired) electrons. The number of sulfone groups is 1. The van der Waals surface area contributed by atoms with Crippen LogP contribution in [0.4, 0.5) is 10.6 Å². The minimum Gasteiger partial charge on any atom is -0.382 e. The van der Waals surface area contributed by atoms with Crippen molar-refractivity contribution < 1.29 is 13.2 Å². The zero-order valence-electron chi connectivity index (χ0n) is 17.7. The lowest BCUT2D eigenvalue weighted by Gasteiger charge is -2.26. The molecule has 2 aromatic heterocycles. The van der Waals surface area contributed by atoms with Crippen LogP contribution in [0.15, 0.2) is 40.3 Å². The summed E-state index contributed by atoms with van der Waals surface area (Å²) >= 11 is 0. The van der Waals surface area contributed by atoms with Gasteiger partial charge < -0.3 is 11.5 Å². The summed E-state index contributed by atoms with van der Waals surface area (Å²) in [6.45, 7) is 5.37. The summed E-state index contributed by atoms with van der Waals surface area (Å²) in [4.78, 5) is 33.1. The fourth-order valence-electron chi connectivity index (χ4n) is 3.63. The average Bonchev–Trinajstić information content (AvgIpc) is 3.01. The number of benzene rings is 1. The van der Waals surface area contributed by atoms with Crippen molar-refractivity contribution >= 4 is 32.9 Å². The first-order valence-electron chi connectivity index (χ1n) is 9.94. The second-order valence-corrected chi connectivity index (χ2v) is 10.0. The summed E-state index contributed by atoms with van der Waals surface area (Å²) < 4.78 is 27.5. The number of primary amides is 1. The molecule has 11 heteroatoms. The van der Waals surface area contributed by atoms with Crippen LogP contribution in [-0.4, -0.2) is 38.3 Å². The molecule has 0 aliphatic rings. The smallest absolute Gasteiger partial charge is 0.339 e. The Hall–Kier alpha value is -3.21. The van der Waals surface area contributed by atoms with Crippen LogP contribution in [0.25, 0.3) is 11.2 Å². The highest BCUT2D eigenvalue weighted by Crippen LogP contribution is 2.32. The van der Waals surface area contributed by atoms with Crippen molar-refractivity contribution in [3.8, 4) is 0 Å². The number of nitrogens with zero attached hydrogens (tertiary/aromatic N) is 4. The number of amides is 1. The van der Waals surface area contributed by atoms with Crippen LogP contribution < -0.4 is 17.2 Å². The number of fused-ring (bicyclic) bond motifs is 1. The van der Waals surface area contributed by atoms with E-state index in [0.717, 1.165) is 5.56 Å². The largest absolute Gasteiger partial charge is 0.382 e. The minimum atomic E-state index is -3.98. The summed E-state index contributed by atoms with van der Waals surface area (Å²) in [7, 11) is -3.98. The third-order valence-corrected chi connectivity index (χ3v) is 8.05. The molecule has 4 N–H and O–H groups in total. The number of aromatic nitrogens is 4. The first kappa shape index (κ1) is 22.5. The molecular formula is C20H26N6O4S. The highest BCUT2D eigenvalue weighted by molar-refractivity contribution is 7.92. The maximum Gasteiger partial charge on any atom is 0.339 e. The van der Waals surface area contributed by atoms with Gasteiger partial charge in [0.2, 0.25) is 9.84 Å². The van der Waals surface area contributed by atoms with E-state index in [0.29, 0.717) is 23.8 Å². The fourth-order valence-corrected chi connectivity index (χ4v) is 5.35. The first-order valence-corrected chi connectivity index (χ1v) is 11.4. The van der Waals surface area contributed by atoms with Crippen LogP contribution in [0.1, 0.15) is 45.6 Å². The van der Waals surface area contributed by atoms with Gasteiger partial charge in [-0.1, -0.05) is 50.6 Å². The second-order valence-electron chi connectivity index (χ2n) is 7.65. The number of hydrogen-bond donors (Lipinski definition) is 2. The highest BCUT2D eigenvalue weighted by atomic mass is 32.2. The number of nitrogens with two attached hydrogens (primary N) is 2. The molecule has 2 heterocycles. The van der Waals surface area contributed by atoms with Gasteiger partial charge in [0.25, 0.3) is 5.16 Å². The number of hydrogen-bond acceptors (Lipinski definition) is 7. The molecule has 0 aliphatic heterocycles. The Kier molecular flexibility index (Phi) is 5.90. The Morgan fingerprint density at radius 3 is 2.35 bits per heavy atom. The Labute approximate surface area is 179 Å². The molecule has 0 aliphatic carbocycles. The van der Waals surface area contributed by atoms with Gasteiger partial charge in [-0.05, 0) is 25.3 Å². The highest BCUT2D eigenvalue weighted by Gasteiger charge is 2.41. The van der Waals surface area contributed by atoms with Crippen LogP contribution in [-0.2, 0) is 16.4 Å². The number of carbonyl (C=O) groups excluding carboxylic acids is 1. The number of imidazole rings is 1. The van der Waals surface area contributed by atoms with Crippen molar-refractivity contribution in [1.29, 1.82) is 0 Å². The molecule has 1 unspecified atom stereocenters. The summed E-state index contributed by atoms with van der Waals surface area (Å²) in [5.74, 6) is -0.304. The Balaban J connectivity index is 2.33. The Bertz CT molecular complexity index is 1300. The van der Waals surface area contributed by atoms with Gasteiger partial charge in [0.1, 0.15) is 5.52 Å². The Morgan fingerprint density at radius 2 is 1.81 bits per heavy atom. The topological polar surface area (TPSA) is 156 Å². The van der Waals surface area contributed by atoms with Crippen molar-refractivity contribution in [2.75, 3.05) is 5.73 Å². The van der Waals surface area contributed by atoms with Gasteiger partial charge in [0.05, 0.1) is 11.3 Å². The van der Waals surface area contributed by atoms with Crippen LogP contribution in [0.3, 0.4) is 0 Å². The summed E-state index contributed by atoms with van der Waals surface area (Å²) in [6.07, 6.45) is 1.41. The van der Waals surface area contributed by atoms with E-state index in [-0.39, 0.29) is 23.5 Å². The standard InChI is InChI=1S/C20H26N6O4S/c1-4-11-20(3,5-2)31(29,30)18-23-15(21)14-16(24-18)25(19(28)26(14)17(22)27)12-13-9-7-6-8-10-13/h6-10H,4-5,11-12H2,1-3H3,(H2,22,27)(H2,21,23,24). The fraction of sp³-hybridized carbons (Fsp3) is 0.400. The van der Waals surface area contributed by atoms with Crippen molar-refractivity contribution in [2.24, 2.45) is 5.73 Å². The van der Waals surface area contributed by atoms with Crippen LogP contribution in [0, 0.1) is 0 Å². The van der Waals surface area contributed by atoms with Crippen LogP contribution in [0.2, 0.25) is 0 Å². The van der Waals surface area contributed by atoms with E-state index >= 15 is 0 Å². The van der Waals surface area contributed by atoms with E-state index < -0.39 is 31.5 Å². The van der Waals surface area contributed by atoms with Gasteiger partial charge in [-0.15, -0.1) is 0 Å². The van der Waals surface area contributed by atoms with Gasteiger partial charge in [-0.3, -0.25) is 4.57 Å². The zero-order valence-corrected chi connectivity index (χ0v) is 18.5. The van der Waals surface area contributed by atoms with Gasteiger partial charge in [-0.2, -0.15) is 9.97 Å². The van der Waals surface area contributed by atoms with Crippen molar-refractivity contribution in [1.82, 2.24) is 19.1 Å². The summed E-state index contributed by atoms with van der Waals surface area (Å²) in [5.41, 5.74) is 11.2. The lowest BCUT2D eigenvalue weighted by molar-refractivity contribution is 0.250. The molecule has 0 spiro atoms. The molecule has 166 valence electrons. The van der Waals surface area contributed by atoms with Gasteiger partial charge >= 0.3 is 11.7 Å². The molecule has 0 fully saturated rings. The maximum atomic E-state index is 13.4. The van der Waals surface area contributed by atoms with Gasteiger partial charge in [-0.25, -0.2) is 22.6 Å². The van der Waals surface area contributed by atoms with E-state index in [1.54, 1.807) is 38.1 Å². The maximum absolute atomic E-state index is 13.4. The molecule has 1 amide bonds. The lowest BCUT2D eigenvalue weighted by Crippen LogP contribution is -2.36. The van der Waals surface area contributed by atoms with E-state index in [9.17, 15) is 18.0 Å². The monoisotopic (exact) mass is 446 g/mol. The minimum absolute atomic E-state index is 0.0480. The molecule has 3 aromatic rings. The van der Waals surface area contributed by atoms with E-state index in [2.05, 4.69) is 9.97 Å². The number of anilines is 1. The van der Waals surface area contributed by atoms with Gasteiger partial charge in [0.15, 0.2) is 11.5 Å². The average molecular weight is 447 g/mol. The van der Waals surface area contributed by atoms with E-state index in [1.807, 2.05) is 13.0 Å². The Morgan fingerprint density at radius 1 is 1.16 bits per heavy atom. The quantitative estimate of drug-likeness (QED) is 0.525. The van der Waals surface area contributed by atoms with E-state index in [4.69, 9.17) is 11.5 Å². The van der Waals surface area contributed by atoms with E-state index in [1.165, 1.54) is 4.57 Å². The summed E-state index contributed by atoms with van der Waals surface area (Å²) in [5, 5.41) is -0.473. The first-order chi connectivity index (χ1) is 14.6. The van der Waals surface area contributed by atoms with Gasteiger partial charge in [0, 0.05) is 0 Å². The number of nitrogen functional groups attached to an aromatic ring is 1. The third-order valence-electron chi connectivity index (χ3n) is 5.59. The SMILES string of the molecule is CCCC(C)(CC)S(=O)(=O)c1nc(N)c2c(n1)n(Cc1ccccc1)c(=O)n2C(N)=O. The lowest BCUT2D eigenvalue weighted by atomic mass is 10.0. The molecule has 10 nitrogen and oxygen atoms in total. The second kappa shape index (κ2) is 8.14. The molecule has 0 bridgehead atoms. The van der Waals surface area contributed by atoms with Crippen molar-refractivity contribution in [2.45, 2.75) is 56.5 Å². The molecule has 1 atom stereocenters. The third kappa shape index (κ3) is 3.69. The number of carbonyl (C=O) groups is 1. The molecule has 0 saturated heterocycles. The predicted octanol–water partition coefficient (Wildman–Crippen LogP) is 1.89. The molecule has 0 saturated carbocycles. The van der Waals surface area contributed by atoms with Crippen LogP contribution in [0.5, 0.6) is 0 Å². The molecule has 31 heavy (non-hydrogen) atoms. The summed E-state index contributed by atoms with van der Waals surface area (Å²) in [6, 6.07) is 7.93. The zero-order chi connectivity index (χ0) is 23.0. The normalized spacial score (nSPS) is 13.9. The van der Waals surface area contributed by atoms with Crippen molar-refractivity contribution in [3.05, 3.63) is 46.4 Å². The number of rotatable bonds is 7. The molecular weight excluding hydrogens is 420 g/mol. The molecule has 3 rings (SSSR count). The van der Waals surface area contributed by atoms with Crippen molar-refractivity contribution in [3.63, 3.8) is 0 Å². The molecule has 1 aromatic carbocycles.